The van der Waals surface area contributed by atoms with Crippen LogP contribution in [-0.2, 0) is 9.59 Å². The minimum atomic E-state index is -0.953. The molecule has 4 nitrogen and oxygen atoms in total. The number of hydrogen-bond donors (Lipinski definition) is 1. The number of fused-ring (bicyclic) bond motifs is 2. The molecule has 0 radical (unpaired) electrons. The lowest BCUT2D eigenvalue weighted by Gasteiger charge is -2.31. The smallest absolute Gasteiger partial charge is 0.305 e. The number of carboxylic acid groups (broad SMARTS) is 1. The van der Waals surface area contributed by atoms with Crippen molar-refractivity contribution >= 4 is 40.1 Å². The molecule has 1 N–H and O–H groups in total. The largest absolute Gasteiger partial charge is 0.481 e. The molecule has 3 aromatic rings. The van der Waals surface area contributed by atoms with Crippen molar-refractivity contribution in [2.24, 2.45) is 5.41 Å². The summed E-state index contributed by atoms with van der Waals surface area (Å²) >= 11 is 1.47. The first-order chi connectivity index (χ1) is 15.1. The summed E-state index contributed by atoms with van der Waals surface area (Å²) in [5, 5.41) is 11.1. The fraction of sp³-hybridized carbons (Fsp3) is 0.333. The van der Waals surface area contributed by atoms with Crippen molar-refractivity contribution in [2.75, 3.05) is 11.4 Å². The molecule has 1 heterocycles. The van der Waals surface area contributed by atoms with E-state index < -0.39 is 11.2 Å². The molecular formula is C27H29NO3S. The van der Waals surface area contributed by atoms with E-state index in [4.69, 9.17) is 0 Å². The van der Waals surface area contributed by atoms with E-state index in [2.05, 4.69) is 58.0 Å². The third kappa shape index (κ3) is 4.53. The Labute approximate surface area is 193 Å². The summed E-state index contributed by atoms with van der Waals surface area (Å²) in [6.07, 6.45) is -0.196. The SMILES string of the molecule is Cc1ccc2c(c1)C(c1cccc3ccccc13)SC(CC(=O)O)C(=O)N2CC(C)(C)C. The Morgan fingerprint density at radius 2 is 1.75 bits per heavy atom. The van der Waals surface area contributed by atoms with Crippen molar-refractivity contribution in [3.05, 3.63) is 77.4 Å². The monoisotopic (exact) mass is 447 g/mol. The van der Waals surface area contributed by atoms with E-state index in [1.807, 2.05) is 35.2 Å². The number of benzene rings is 3. The molecule has 2 unspecified atom stereocenters. The predicted octanol–water partition coefficient (Wildman–Crippen LogP) is 6.21. The summed E-state index contributed by atoms with van der Waals surface area (Å²) < 4.78 is 0. The van der Waals surface area contributed by atoms with E-state index in [1.54, 1.807) is 0 Å². The van der Waals surface area contributed by atoms with Gasteiger partial charge in [-0.1, -0.05) is 80.9 Å². The van der Waals surface area contributed by atoms with Gasteiger partial charge in [-0.3, -0.25) is 9.59 Å². The molecule has 0 aliphatic carbocycles. The van der Waals surface area contributed by atoms with Crippen molar-refractivity contribution in [1.82, 2.24) is 0 Å². The number of hydrogen-bond acceptors (Lipinski definition) is 3. The van der Waals surface area contributed by atoms with E-state index in [0.717, 1.165) is 33.2 Å². The van der Waals surface area contributed by atoms with Crippen LogP contribution in [0.1, 0.15) is 49.1 Å². The Morgan fingerprint density at radius 3 is 2.47 bits per heavy atom. The molecule has 4 rings (SSSR count). The highest BCUT2D eigenvalue weighted by atomic mass is 32.2. The molecule has 0 spiro atoms. The maximum atomic E-state index is 13.7. The maximum absolute atomic E-state index is 13.7. The van der Waals surface area contributed by atoms with Gasteiger partial charge in [-0.2, -0.15) is 0 Å². The second-order valence-corrected chi connectivity index (χ2v) is 11.0. The van der Waals surface area contributed by atoms with Crippen molar-refractivity contribution in [3.63, 3.8) is 0 Å². The Bertz CT molecular complexity index is 1180. The second kappa shape index (κ2) is 8.62. The number of aliphatic carboxylic acids is 1. The molecule has 1 aliphatic heterocycles. The fourth-order valence-corrected chi connectivity index (χ4v) is 5.87. The Morgan fingerprint density at radius 1 is 1.03 bits per heavy atom. The molecule has 5 heteroatoms. The van der Waals surface area contributed by atoms with Crippen LogP contribution in [0.25, 0.3) is 10.8 Å². The lowest BCUT2D eigenvalue weighted by molar-refractivity contribution is -0.138. The van der Waals surface area contributed by atoms with E-state index >= 15 is 0 Å². The van der Waals surface area contributed by atoms with Crippen LogP contribution in [0.4, 0.5) is 5.69 Å². The summed E-state index contributed by atoms with van der Waals surface area (Å²) in [5.41, 5.74) is 4.05. The van der Waals surface area contributed by atoms with Gasteiger partial charge in [-0.15, -0.1) is 11.8 Å². The Kier molecular flexibility index (Phi) is 6.04. The number of rotatable bonds is 4. The molecule has 1 amide bonds. The number of amides is 1. The zero-order valence-corrected chi connectivity index (χ0v) is 19.8. The number of carboxylic acids is 1. The lowest BCUT2D eigenvalue weighted by Crippen LogP contribution is -2.42. The number of anilines is 1. The maximum Gasteiger partial charge on any atom is 0.305 e. The van der Waals surface area contributed by atoms with Crippen LogP contribution in [-0.4, -0.2) is 28.8 Å². The van der Waals surface area contributed by atoms with Gasteiger partial charge in [-0.05, 0) is 40.3 Å². The van der Waals surface area contributed by atoms with Gasteiger partial charge >= 0.3 is 5.97 Å². The zero-order chi connectivity index (χ0) is 23.0. The molecule has 0 fully saturated rings. The van der Waals surface area contributed by atoms with Gasteiger partial charge in [-0.25, -0.2) is 0 Å². The lowest BCUT2D eigenvalue weighted by atomic mass is 9.93. The van der Waals surface area contributed by atoms with Gasteiger partial charge < -0.3 is 10.0 Å². The molecule has 32 heavy (non-hydrogen) atoms. The van der Waals surface area contributed by atoms with Gasteiger partial charge in [0.15, 0.2) is 0 Å². The molecular weight excluding hydrogens is 418 g/mol. The number of thioether (sulfide) groups is 1. The fourth-order valence-electron chi connectivity index (χ4n) is 4.37. The average Bonchev–Trinajstić information content (AvgIpc) is 2.82. The third-order valence-electron chi connectivity index (χ3n) is 5.70. The van der Waals surface area contributed by atoms with Crippen molar-refractivity contribution < 1.29 is 14.7 Å². The summed E-state index contributed by atoms with van der Waals surface area (Å²) in [7, 11) is 0. The summed E-state index contributed by atoms with van der Waals surface area (Å²) in [4.78, 5) is 27.2. The van der Waals surface area contributed by atoms with Crippen LogP contribution < -0.4 is 4.90 Å². The molecule has 2 atom stereocenters. The molecule has 166 valence electrons. The average molecular weight is 448 g/mol. The highest BCUT2D eigenvalue weighted by Crippen LogP contribution is 2.49. The minimum absolute atomic E-state index is 0.125. The van der Waals surface area contributed by atoms with Crippen LogP contribution in [0.3, 0.4) is 0 Å². The number of nitrogens with zero attached hydrogens (tertiary/aromatic N) is 1. The second-order valence-electron chi connectivity index (χ2n) is 9.72. The van der Waals surface area contributed by atoms with Crippen molar-refractivity contribution in [2.45, 2.75) is 44.6 Å². The Hall–Kier alpha value is -2.79. The van der Waals surface area contributed by atoms with Gasteiger partial charge in [0.25, 0.3) is 0 Å². The molecule has 0 saturated heterocycles. The topological polar surface area (TPSA) is 57.6 Å². The summed E-state index contributed by atoms with van der Waals surface area (Å²) in [6.45, 7) is 8.88. The first kappa shape index (κ1) is 22.4. The van der Waals surface area contributed by atoms with E-state index in [1.165, 1.54) is 11.8 Å². The van der Waals surface area contributed by atoms with E-state index in [0.29, 0.717) is 6.54 Å². The zero-order valence-electron chi connectivity index (χ0n) is 19.0. The quantitative estimate of drug-likeness (QED) is 0.517. The van der Waals surface area contributed by atoms with Crippen LogP contribution in [0.2, 0.25) is 0 Å². The molecule has 0 aromatic heterocycles. The normalized spacial score (nSPS) is 19.0. The predicted molar refractivity (Wildman–Crippen MR) is 132 cm³/mol. The van der Waals surface area contributed by atoms with Gasteiger partial charge in [0.05, 0.1) is 16.9 Å². The van der Waals surface area contributed by atoms with Crippen molar-refractivity contribution in [3.8, 4) is 0 Å². The summed E-state index contributed by atoms with van der Waals surface area (Å²) in [5.74, 6) is -1.08. The molecule has 0 saturated carbocycles. The van der Waals surface area contributed by atoms with E-state index in [9.17, 15) is 14.7 Å². The van der Waals surface area contributed by atoms with Crippen molar-refractivity contribution in [1.29, 1.82) is 0 Å². The van der Waals surface area contributed by atoms with Gasteiger partial charge in [0.1, 0.15) is 0 Å². The molecule has 3 aromatic carbocycles. The third-order valence-corrected chi connectivity index (χ3v) is 7.17. The Balaban J connectivity index is 1.96. The first-order valence-electron chi connectivity index (χ1n) is 10.9. The van der Waals surface area contributed by atoms with Gasteiger partial charge in [0.2, 0.25) is 5.91 Å². The molecule has 1 aliphatic rings. The van der Waals surface area contributed by atoms with Gasteiger partial charge in [0, 0.05) is 12.2 Å². The highest BCUT2D eigenvalue weighted by molar-refractivity contribution is 8.01. The van der Waals surface area contributed by atoms with Crippen LogP contribution in [0.5, 0.6) is 0 Å². The van der Waals surface area contributed by atoms with Crippen LogP contribution in [0, 0.1) is 12.3 Å². The first-order valence-corrected chi connectivity index (χ1v) is 11.9. The number of carbonyl (C=O) groups excluding carboxylic acids is 1. The van der Waals surface area contributed by atoms with E-state index in [-0.39, 0.29) is 23.0 Å². The number of aryl methyl sites for hydroxylation is 1. The summed E-state index contributed by atoms with van der Waals surface area (Å²) in [6, 6.07) is 20.7. The highest BCUT2D eigenvalue weighted by Gasteiger charge is 2.39. The molecule has 0 bridgehead atoms. The minimum Gasteiger partial charge on any atom is -0.481 e. The van der Waals surface area contributed by atoms with Crippen LogP contribution in [0.15, 0.2) is 60.7 Å². The number of carbonyl (C=O) groups is 2. The standard InChI is InChI=1S/C27H29NO3S/c1-17-12-13-22-21(14-17)25(20-11-7-9-18-8-5-6-10-19(18)20)32-23(15-24(29)30)26(31)28(22)16-27(2,3)4/h5-14,23,25H,15-16H2,1-4H3,(H,29,30). The van der Waals surface area contributed by atoms with Crippen LogP contribution >= 0.6 is 11.8 Å².